The van der Waals surface area contributed by atoms with Crippen molar-refractivity contribution in [2.45, 2.75) is 22.8 Å². The molecule has 2 heterocycles. The second kappa shape index (κ2) is 7.03. The van der Waals surface area contributed by atoms with Crippen molar-refractivity contribution < 1.29 is 17.6 Å². The van der Waals surface area contributed by atoms with Crippen molar-refractivity contribution in [2.24, 2.45) is 0 Å². The van der Waals surface area contributed by atoms with Crippen molar-refractivity contribution in [3.63, 3.8) is 0 Å². The molecule has 0 radical (unpaired) electrons. The fourth-order valence-electron chi connectivity index (χ4n) is 2.64. The molecule has 0 unspecified atom stereocenters. The Morgan fingerprint density at radius 3 is 2.67 bits per heavy atom. The normalized spacial score (nSPS) is 15.3. The standard InChI is InChI=1S/C17H19NO4S2/c1-2-23-16-8-4-3-7-15(16)17(19)18-10-14(11-18)24(20,21)12-13-6-5-9-22-13/h3-9,14H,2,10-12H2,1H3. The smallest absolute Gasteiger partial charge is 0.255 e. The van der Waals surface area contributed by atoms with Crippen LogP contribution in [0, 0.1) is 0 Å². The molecule has 0 atom stereocenters. The summed E-state index contributed by atoms with van der Waals surface area (Å²) in [6, 6.07) is 10.8. The monoisotopic (exact) mass is 365 g/mol. The zero-order valence-electron chi connectivity index (χ0n) is 13.3. The number of hydrogen-bond donors (Lipinski definition) is 0. The maximum atomic E-state index is 12.6. The van der Waals surface area contributed by atoms with Crippen LogP contribution in [-0.2, 0) is 15.6 Å². The van der Waals surface area contributed by atoms with Crippen LogP contribution < -0.4 is 0 Å². The lowest BCUT2D eigenvalue weighted by atomic mass is 10.1. The number of sulfone groups is 1. The Labute approximate surface area is 146 Å². The van der Waals surface area contributed by atoms with Gasteiger partial charge in [-0.3, -0.25) is 4.79 Å². The van der Waals surface area contributed by atoms with Crippen molar-refractivity contribution >= 4 is 27.5 Å². The van der Waals surface area contributed by atoms with Gasteiger partial charge in [0.15, 0.2) is 9.84 Å². The van der Waals surface area contributed by atoms with E-state index in [1.54, 1.807) is 34.9 Å². The highest BCUT2D eigenvalue weighted by Crippen LogP contribution is 2.27. The maximum Gasteiger partial charge on any atom is 0.255 e. The van der Waals surface area contributed by atoms with E-state index in [1.807, 2.05) is 25.1 Å². The molecule has 5 nitrogen and oxygen atoms in total. The first-order chi connectivity index (χ1) is 11.5. The van der Waals surface area contributed by atoms with E-state index in [-0.39, 0.29) is 24.7 Å². The predicted molar refractivity (Wildman–Crippen MR) is 93.9 cm³/mol. The zero-order chi connectivity index (χ0) is 17.2. The number of carbonyl (C=O) groups excluding carboxylic acids is 1. The average Bonchev–Trinajstić information content (AvgIpc) is 2.98. The highest BCUT2D eigenvalue weighted by atomic mass is 32.2. The molecule has 1 aromatic carbocycles. The lowest BCUT2D eigenvalue weighted by molar-refractivity contribution is 0.0655. The van der Waals surface area contributed by atoms with Crippen LogP contribution in [0.4, 0.5) is 0 Å². The van der Waals surface area contributed by atoms with Gasteiger partial charge in [0, 0.05) is 18.0 Å². The molecule has 1 saturated heterocycles. The largest absolute Gasteiger partial charge is 0.468 e. The Morgan fingerprint density at radius 1 is 1.25 bits per heavy atom. The number of rotatable bonds is 6. The number of likely N-dealkylation sites (tertiary alicyclic amines) is 1. The van der Waals surface area contributed by atoms with Gasteiger partial charge in [-0.1, -0.05) is 19.1 Å². The molecule has 1 fully saturated rings. The van der Waals surface area contributed by atoms with Gasteiger partial charge >= 0.3 is 0 Å². The third kappa shape index (κ3) is 3.52. The second-order valence-corrected chi connectivity index (χ2v) is 9.23. The number of benzene rings is 1. The van der Waals surface area contributed by atoms with Gasteiger partial charge in [-0.25, -0.2) is 8.42 Å². The van der Waals surface area contributed by atoms with Gasteiger partial charge in [-0.05, 0) is 30.0 Å². The van der Waals surface area contributed by atoms with E-state index in [9.17, 15) is 13.2 Å². The molecule has 24 heavy (non-hydrogen) atoms. The summed E-state index contributed by atoms with van der Waals surface area (Å²) in [4.78, 5) is 15.1. The van der Waals surface area contributed by atoms with Crippen molar-refractivity contribution in [2.75, 3.05) is 18.8 Å². The molecule has 1 aliphatic heterocycles. The summed E-state index contributed by atoms with van der Waals surface area (Å²) in [7, 11) is -3.31. The molecule has 2 aromatic rings. The quantitative estimate of drug-likeness (QED) is 0.737. The Kier molecular flexibility index (Phi) is 5.01. The highest BCUT2D eigenvalue weighted by Gasteiger charge is 2.40. The average molecular weight is 365 g/mol. The fourth-order valence-corrected chi connectivity index (χ4v) is 5.04. The van der Waals surface area contributed by atoms with Crippen LogP contribution in [0.15, 0.2) is 52.0 Å². The van der Waals surface area contributed by atoms with E-state index in [0.717, 1.165) is 10.6 Å². The number of hydrogen-bond acceptors (Lipinski definition) is 5. The third-order valence-electron chi connectivity index (χ3n) is 3.98. The first-order valence-corrected chi connectivity index (χ1v) is 10.5. The second-order valence-electron chi connectivity index (χ2n) is 5.65. The third-order valence-corrected chi connectivity index (χ3v) is 6.94. The first kappa shape index (κ1) is 17.1. The maximum absolute atomic E-state index is 12.6. The molecular weight excluding hydrogens is 346 g/mol. The number of nitrogens with zero attached hydrogens (tertiary/aromatic N) is 1. The summed E-state index contributed by atoms with van der Waals surface area (Å²) in [6.07, 6.45) is 1.46. The van der Waals surface area contributed by atoms with E-state index in [4.69, 9.17) is 4.42 Å². The van der Waals surface area contributed by atoms with E-state index < -0.39 is 15.1 Å². The Morgan fingerprint density at radius 2 is 2.00 bits per heavy atom. The Hall–Kier alpha value is -1.73. The van der Waals surface area contributed by atoms with E-state index in [1.165, 1.54) is 6.26 Å². The number of furan rings is 1. The lowest BCUT2D eigenvalue weighted by Crippen LogP contribution is -2.57. The molecule has 1 amide bonds. The van der Waals surface area contributed by atoms with Crippen LogP contribution in [0.25, 0.3) is 0 Å². The summed E-state index contributed by atoms with van der Waals surface area (Å²) in [5.41, 5.74) is 0.645. The van der Waals surface area contributed by atoms with Gasteiger partial charge < -0.3 is 9.32 Å². The Bertz CT molecular complexity index is 809. The molecule has 0 saturated carbocycles. The molecule has 3 rings (SSSR count). The van der Waals surface area contributed by atoms with Crippen LogP contribution in [0.5, 0.6) is 0 Å². The van der Waals surface area contributed by atoms with Crippen molar-refractivity contribution in [3.05, 3.63) is 54.0 Å². The van der Waals surface area contributed by atoms with E-state index in [0.29, 0.717) is 11.3 Å². The molecule has 1 aliphatic rings. The molecule has 0 bridgehead atoms. The minimum absolute atomic E-state index is 0.101. The fraction of sp³-hybridized carbons (Fsp3) is 0.353. The minimum Gasteiger partial charge on any atom is -0.468 e. The van der Waals surface area contributed by atoms with Crippen molar-refractivity contribution in [3.8, 4) is 0 Å². The summed E-state index contributed by atoms with van der Waals surface area (Å²) < 4.78 is 29.8. The number of carbonyl (C=O) groups is 1. The summed E-state index contributed by atoms with van der Waals surface area (Å²) in [5, 5.41) is -0.516. The number of thioether (sulfide) groups is 1. The van der Waals surface area contributed by atoms with Crippen LogP contribution in [0.1, 0.15) is 23.0 Å². The van der Waals surface area contributed by atoms with Gasteiger partial charge in [-0.15, -0.1) is 11.8 Å². The summed E-state index contributed by atoms with van der Waals surface area (Å²) in [5.74, 6) is 1.10. The van der Waals surface area contributed by atoms with Crippen LogP contribution >= 0.6 is 11.8 Å². The van der Waals surface area contributed by atoms with Crippen molar-refractivity contribution in [1.29, 1.82) is 0 Å². The predicted octanol–water partition coefficient (Wildman–Crippen LogP) is 2.83. The summed E-state index contributed by atoms with van der Waals surface area (Å²) in [6.45, 7) is 2.52. The zero-order valence-corrected chi connectivity index (χ0v) is 15.0. The van der Waals surface area contributed by atoms with Gasteiger partial charge in [0.25, 0.3) is 5.91 Å². The molecule has 1 aromatic heterocycles. The SMILES string of the molecule is CCSc1ccccc1C(=O)N1CC(S(=O)(=O)Cc2ccco2)C1. The van der Waals surface area contributed by atoms with E-state index in [2.05, 4.69) is 0 Å². The molecule has 128 valence electrons. The van der Waals surface area contributed by atoms with Crippen molar-refractivity contribution in [1.82, 2.24) is 4.90 Å². The van der Waals surface area contributed by atoms with Crippen LogP contribution in [-0.4, -0.2) is 43.3 Å². The van der Waals surface area contributed by atoms with Gasteiger partial charge in [-0.2, -0.15) is 0 Å². The molecule has 0 spiro atoms. The molecule has 0 aliphatic carbocycles. The molecular formula is C17H19NO4S2. The van der Waals surface area contributed by atoms with Gasteiger partial charge in [0.05, 0.1) is 17.1 Å². The van der Waals surface area contributed by atoms with Crippen LogP contribution in [0.3, 0.4) is 0 Å². The first-order valence-electron chi connectivity index (χ1n) is 7.76. The molecule has 0 N–H and O–H groups in total. The topological polar surface area (TPSA) is 67.6 Å². The number of amides is 1. The van der Waals surface area contributed by atoms with Gasteiger partial charge in [0.1, 0.15) is 11.5 Å². The van der Waals surface area contributed by atoms with Crippen LogP contribution in [0.2, 0.25) is 0 Å². The lowest BCUT2D eigenvalue weighted by Gasteiger charge is -2.38. The minimum atomic E-state index is -3.31. The molecule has 7 heteroatoms. The highest BCUT2D eigenvalue weighted by molar-refractivity contribution is 7.99. The summed E-state index contributed by atoms with van der Waals surface area (Å²) >= 11 is 1.61. The Balaban J connectivity index is 1.65. The van der Waals surface area contributed by atoms with Gasteiger partial charge in [0.2, 0.25) is 0 Å². The van der Waals surface area contributed by atoms with E-state index >= 15 is 0 Å².